The van der Waals surface area contributed by atoms with Crippen LogP contribution in [0.25, 0.3) is 0 Å². The molecule has 0 bridgehead atoms. The average molecular weight is 401 g/mol. The van der Waals surface area contributed by atoms with E-state index in [1.807, 2.05) is 0 Å². The zero-order chi connectivity index (χ0) is 20.1. The van der Waals surface area contributed by atoms with Crippen molar-refractivity contribution in [3.05, 3.63) is 65.7 Å². The van der Waals surface area contributed by atoms with Gasteiger partial charge in [0.15, 0.2) is 6.10 Å². The first-order valence-electron chi connectivity index (χ1n) is 9.30. The summed E-state index contributed by atoms with van der Waals surface area (Å²) in [6, 6.07) is 14.2. The Morgan fingerprint density at radius 1 is 0.893 bits per heavy atom. The fourth-order valence-electron chi connectivity index (χ4n) is 3.14. The number of rotatable bonds is 6. The van der Waals surface area contributed by atoms with Crippen molar-refractivity contribution in [1.82, 2.24) is 4.31 Å². The fraction of sp³-hybridized carbons (Fsp3) is 0.333. The number of esters is 1. The first kappa shape index (κ1) is 20.2. The van der Waals surface area contributed by atoms with E-state index in [1.54, 1.807) is 30.3 Å². The Bertz CT molecular complexity index is 933. The standard InChI is InChI=1S/C21H23NO5S/c1-16(20(23)17-8-4-2-5-9-17)27-21(24)18-10-12-19(13-11-18)28(25,26)22-14-6-3-7-15-22/h2,4-5,8-13,16H,3,6-7,14-15H2,1H3. The normalized spacial score (nSPS) is 16.3. The van der Waals surface area contributed by atoms with Crippen LogP contribution in [0.2, 0.25) is 0 Å². The van der Waals surface area contributed by atoms with Crippen molar-refractivity contribution < 1.29 is 22.7 Å². The largest absolute Gasteiger partial charge is 0.451 e. The van der Waals surface area contributed by atoms with E-state index in [0.717, 1.165) is 19.3 Å². The SMILES string of the molecule is CC(OC(=O)c1ccc(S(=O)(=O)N2CCCCC2)cc1)C(=O)c1ccccc1. The molecule has 1 saturated heterocycles. The van der Waals surface area contributed by atoms with Crippen LogP contribution in [0.5, 0.6) is 0 Å². The lowest BCUT2D eigenvalue weighted by Crippen LogP contribution is -2.35. The minimum absolute atomic E-state index is 0.152. The van der Waals surface area contributed by atoms with E-state index in [-0.39, 0.29) is 16.2 Å². The van der Waals surface area contributed by atoms with Gasteiger partial charge in [-0.15, -0.1) is 0 Å². The van der Waals surface area contributed by atoms with Gasteiger partial charge >= 0.3 is 5.97 Å². The van der Waals surface area contributed by atoms with Gasteiger partial charge in [-0.1, -0.05) is 36.8 Å². The molecule has 0 spiro atoms. The number of benzene rings is 2. The molecule has 2 aromatic rings. The molecular formula is C21H23NO5S. The van der Waals surface area contributed by atoms with Crippen LogP contribution in [0.15, 0.2) is 59.5 Å². The Morgan fingerprint density at radius 2 is 1.50 bits per heavy atom. The third-order valence-corrected chi connectivity index (χ3v) is 6.67. The van der Waals surface area contributed by atoms with Crippen molar-refractivity contribution in [1.29, 1.82) is 0 Å². The van der Waals surface area contributed by atoms with Crippen LogP contribution in [-0.2, 0) is 14.8 Å². The zero-order valence-corrected chi connectivity index (χ0v) is 16.5. The Morgan fingerprint density at radius 3 is 2.11 bits per heavy atom. The molecule has 0 saturated carbocycles. The van der Waals surface area contributed by atoms with Gasteiger partial charge in [0, 0.05) is 18.7 Å². The summed E-state index contributed by atoms with van der Waals surface area (Å²) in [6.45, 7) is 2.55. The van der Waals surface area contributed by atoms with Gasteiger partial charge in [0.1, 0.15) is 0 Å². The molecule has 1 aliphatic heterocycles. The Kier molecular flexibility index (Phi) is 6.26. The average Bonchev–Trinajstić information content (AvgIpc) is 2.74. The smallest absolute Gasteiger partial charge is 0.338 e. The number of ketones is 1. The Balaban J connectivity index is 1.67. The second-order valence-corrected chi connectivity index (χ2v) is 8.70. The van der Waals surface area contributed by atoms with Crippen LogP contribution in [0.1, 0.15) is 46.9 Å². The summed E-state index contributed by atoms with van der Waals surface area (Å²) in [5, 5.41) is 0. The molecule has 28 heavy (non-hydrogen) atoms. The number of ether oxygens (including phenoxy) is 1. The summed E-state index contributed by atoms with van der Waals surface area (Å²) in [5.74, 6) is -0.961. The van der Waals surface area contributed by atoms with Gasteiger partial charge in [0.25, 0.3) is 0 Å². The van der Waals surface area contributed by atoms with Crippen LogP contribution in [0, 0.1) is 0 Å². The Hall–Kier alpha value is -2.51. The van der Waals surface area contributed by atoms with E-state index in [4.69, 9.17) is 4.74 Å². The van der Waals surface area contributed by atoms with Crippen LogP contribution in [0.4, 0.5) is 0 Å². The van der Waals surface area contributed by atoms with E-state index in [0.29, 0.717) is 18.7 Å². The zero-order valence-electron chi connectivity index (χ0n) is 15.7. The van der Waals surface area contributed by atoms with Gasteiger partial charge in [-0.25, -0.2) is 13.2 Å². The maximum atomic E-state index is 12.7. The minimum Gasteiger partial charge on any atom is -0.451 e. The van der Waals surface area contributed by atoms with Crippen molar-refractivity contribution in [2.24, 2.45) is 0 Å². The first-order chi connectivity index (χ1) is 13.4. The lowest BCUT2D eigenvalue weighted by molar-refractivity contribution is 0.0318. The van der Waals surface area contributed by atoms with Crippen molar-refractivity contribution >= 4 is 21.8 Å². The van der Waals surface area contributed by atoms with E-state index in [9.17, 15) is 18.0 Å². The van der Waals surface area contributed by atoms with Crippen molar-refractivity contribution in [3.8, 4) is 0 Å². The number of nitrogens with zero attached hydrogens (tertiary/aromatic N) is 1. The molecule has 1 heterocycles. The maximum Gasteiger partial charge on any atom is 0.338 e. The quantitative estimate of drug-likeness (QED) is 0.548. The highest BCUT2D eigenvalue weighted by Crippen LogP contribution is 2.21. The second kappa shape index (κ2) is 8.67. The summed E-state index contributed by atoms with van der Waals surface area (Å²) in [6.07, 6.45) is 1.82. The minimum atomic E-state index is -3.55. The summed E-state index contributed by atoms with van der Waals surface area (Å²) < 4.78 is 32.0. The van der Waals surface area contributed by atoms with Gasteiger partial charge in [-0.3, -0.25) is 4.79 Å². The topological polar surface area (TPSA) is 80.8 Å². The van der Waals surface area contributed by atoms with Crippen LogP contribution >= 0.6 is 0 Å². The monoisotopic (exact) mass is 401 g/mol. The molecular weight excluding hydrogens is 378 g/mol. The van der Waals surface area contributed by atoms with Crippen LogP contribution in [0.3, 0.4) is 0 Å². The molecule has 0 aliphatic carbocycles. The third kappa shape index (κ3) is 4.48. The van der Waals surface area contributed by atoms with Crippen molar-refractivity contribution in [2.45, 2.75) is 37.2 Å². The van der Waals surface area contributed by atoms with Gasteiger partial charge in [0.2, 0.25) is 15.8 Å². The lowest BCUT2D eigenvalue weighted by Gasteiger charge is -2.25. The summed E-state index contributed by atoms with van der Waals surface area (Å²) in [4.78, 5) is 24.8. The summed E-state index contributed by atoms with van der Waals surface area (Å²) in [5.41, 5.74) is 0.663. The highest BCUT2D eigenvalue weighted by Gasteiger charge is 2.26. The first-order valence-corrected chi connectivity index (χ1v) is 10.7. The Labute approximate surface area is 165 Å². The van der Waals surface area contributed by atoms with Gasteiger partial charge < -0.3 is 4.74 Å². The number of hydrogen-bond donors (Lipinski definition) is 0. The van der Waals surface area contributed by atoms with Crippen LogP contribution < -0.4 is 0 Å². The molecule has 6 nitrogen and oxygen atoms in total. The van der Waals surface area contributed by atoms with Gasteiger partial charge in [-0.2, -0.15) is 4.31 Å². The molecule has 3 rings (SSSR count). The predicted octanol–water partition coefficient (Wildman–Crippen LogP) is 3.29. The molecule has 1 atom stereocenters. The predicted molar refractivity (Wildman–Crippen MR) is 105 cm³/mol. The number of piperidine rings is 1. The molecule has 0 radical (unpaired) electrons. The summed E-state index contributed by atoms with van der Waals surface area (Å²) in [7, 11) is -3.55. The molecule has 7 heteroatoms. The molecule has 1 unspecified atom stereocenters. The molecule has 0 N–H and O–H groups in total. The number of sulfonamides is 1. The maximum absolute atomic E-state index is 12.7. The number of hydrogen-bond acceptors (Lipinski definition) is 5. The summed E-state index contributed by atoms with van der Waals surface area (Å²) >= 11 is 0. The van der Waals surface area contributed by atoms with E-state index in [1.165, 1.54) is 35.5 Å². The van der Waals surface area contributed by atoms with E-state index in [2.05, 4.69) is 0 Å². The molecule has 1 aliphatic rings. The number of Topliss-reactive ketones (excluding diaryl/α,β-unsaturated/α-hetero) is 1. The molecule has 148 valence electrons. The van der Waals surface area contributed by atoms with Crippen molar-refractivity contribution in [3.63, 3.8) is 0 Å². The molecule has 2 aromatic carbocycles. The number of carbonyl (C=O) groups is 2. The van der Waals surface area contributed by atoms with Gasteiger partial charge in [-0.05, 0) is 44.0 Å². The fourth-order valence-corrected chi connectivity index (χ4v) is 4.65. The second-order valence-electron chi connectivity index (χ2n) is 6.77. The lowest BCUT2D eigenvalue weighted by atomic mass is 10.1. The van der Waals surface area contributed by atoms with Crippen molar-refractivity contribution in [2.75, 3.05) is 13.1 Å². The van der Waals surface area contributed by atoms with E-state index >= 15 is 0 Å². The van der Waals surface area contributed by atoms with Crippen LogP contribution in [-0.4, -0.2) is 43.7 Å². The highest BCUT2D eigenvalue weighted by atomic mass is 32.2. The van der Waals surface area contributed by atoms with Gasteiger partial charge in [0.05, 0.1) is 10.5 Å². The molecule has 1 fully saturated rings. The third-order valence-electron chi connectivity index (χ3n) is 4.75. The molecule has 0 amide bonds. The highest BCUT2D eigenvalue weighted by molar-refractivity contribution is 7.89. The van der Waals surface area contributed by atoms with E-state index < -0.39 is 22.1 Å². The number of carbonyl (C=O) groups excluding carboxylic acids is 2. The molecule has 0 aromatic heterocycles.